The zero-order valence-corrected chi connectivity index (χ0v) is 13.6. The number of carbonyl (C=O) groups excluding carboxylic acids is 1. The van der Waals surface area contributed by atoms with Gasteiger partial charge in [0.2, 0.25) is 0 Å². The van der Waals surface area contributed by atoms with Gasteiger partial charge in [0.25, 0.3) is 0 Å². The Morgan fingerprint density at radius 3 is 2.60 bits per heavy atom. The second kappa shape index (κ2) is 5.05. The zero-order chi connectivity index (χ0) is 17.0. The molecule has 0 aliphatic rings. The van der Waals surface area contributed by atoms with E-state index in [9.17, 15) is 4.79 Å². The number of carbonyl (C=O) groups is 1. The van der Waals surface area contributed by atoms with Crippen LogP contribution in [0.4, 0.5) is 0 Å². The van der Waals surface area contributed by atoms with Crippen LogP contribution < -0.4 is 0 Å². The summed E-state index contributed by atoms with van der Waals surface area (Å²) in [5, 5.41) is 3.08. The maximum absolute atomic E-state index is 12.1. The Kier molecular flexibility index (Phi) is 2.82. The van der Waals surface area contributed by atoms with Crippen LogP contribution in [0.1, 0.15) is 17.3 Å². The summed E-state index contributed by atoms with van der Waals surface area (Å²) in [7, 11) is 0. The number of fused-ring (bicyclic) bond motifs is 4. The lowest BCUT2D eigenvalue weighted by Gasteiger charge is -2.08. The van der Waals surface area contributed by atoms with Crippen molar-refractivity contribution in [3.05, 3.63) is 66.4 Å². The van der Waals surface area contributed by atoms with Crippen LogP contribution in [-0.2, 0) is 0 Å². The Labute approximate surface area is 143 Å². The lowest BCUT2D eigenvalue weighted by molar-refractivity contribution is 0.101. The van der Waals surface area contributed by atoms with E-state index in [4.69, 9.17) is 4.98 Å². The third kappa shape index (κ3) is 2.01. The van der Waals surface area contributed by atoms with Gasteiger partial charge in [-0.05, 0) is 30.5 Å². The van der Waals surface area contributed by atoms with Gasteiger partial charge in [0, 0.05) is 33.6 Å². The van der Waals surface area contributed by atoms with Crippen LogP contribution in [0.25, 0.3) is 44.1 Å². The second-order valence-electron chi connectivity index (χ2n) is 6.25. The minimum absolute atomic E-state index is 0.0576. The predicted octanol–water partition coefficient (Wildman–Crippen LogP) is 5.07. The second-order valence-corrected chi connectivity index (χ2v) is 6.25. The predicted molar refractivity (Wildman–Crippen MR) is 101 cm³/mol. The minimum Gasteiger partial charge on any atom is -0.361 e. The molecule has 120 valence electrons. The summed E-state index contributed by atoms with van der Waals surface area (Å²) in [4.78, 5) is 23.6. The van der Waals surface area contributed by atoms with Crippen molar-refractivity contribution in [2.24, 2.45) is 0 Å². The maximum Gasteiger partial charge on any atom is 0.160 e. The molecule has 4 heteroatoms. The van der Waals surface area contributed by atoms with E-state index in [1.807, 2.05) is 60.8 Å². The number of rotatable bonds is 2. The molecule has 0 bridgehead atoms. The van der Waals surface area contributed by atoms with E-state index in [1.165, 1.54) is 0 Å². The standard InChI is InChI=1S/C21H15N3O/c1-12(25)14-6-2-4-13-5-3-7-16(19(13)14)21-23-18-9-8-17-15(10-11-22-17)20(18)24-21/h2-11,22H,1H3,(H,23,24). The molecule has 2 heterocycles. The highest BCUT2D eigenvalue weighted by Gasteiger charge is 2.15. The van der Waals surface area contributed by atoms with Crippen LogP contribution in [0.3, 0.4) is 0 Å². The molecule has 0 aliphatic carbocycles. The normalized spacial score (nSPS) is 11.6. The van der Waals surface area contributed by atoms with E-state index in [2.05, 4.69) is 9.97 Å². The van der Waals surface area contributed by atoms with Crippen molar-refractivity contribution in [1.29, 1.82) is 0 Å². The zero-order valence-electron chi connectivity index (χ0n) is 13.6. The molecule has 0 unspecified atom stereocenters. The number of Topliss-reactive ketones (excluding diaryl/α,β-unsaturated/α-hetero) is 1. The fourth-order valence-electron chi connectivity index (χ4n) is 3.57. The van der Waals surface area contributed by atoms with Crippen molar-refractivity contribution in [2.75, 3.05) is 0 Å². The first kappa shape index (κ1) is 14.0. The molecule has 0 fully saturated rings. The smallest absolute Gasteiger partial charge is 0.160 e. The van der Waals surface area contributed by atoms with Gasteiger partial charge in [-0.2, -0.15) is 0 Å². The van der Waals surface area contributed by atoms with Gasteiger partial charge < -0.3 is 9.97 Å². The van der Waals surface area contributed by atoms with E-state index < -0.39 is 0 Å². The monoisotopic (exact) mass is 325 g/mol. The fraction of sp³-hybridized carbons (Fsp3) is 0.0476. The summed E-state index contributed by atoms with van der Waals surface area (Å²) < 4.78 is 0. The molecule has 3 aromatic carbocycles. The summed E-state index contributed by atoms with van der Waals surface area (Å²) in [6.45, 7) is 1.60. The Bertz CT molecular complexity index is 1270. The topological polar surface area (TPSA) is 61.5 Å². The molecular weight excluding hydrogens is 310 g/mol. The average Bonchev–Trinajstić information content (AvgIpc) is 3.26. The number of nitrogens with zero attached hydrogens (tertiary/aromatic N) is 1. The van der Waals surface area contributed by atoms with E-state index in [0.717, 1.165) is 49.7 Å². The van der Waals surface area contributed by atoms with Gasteiger partial charge in [0.05, 0.1) is 11.0 Å². The fourth-order valence-corrected chi connectivity index (χ4v) is 3.57. The first-order chi connectivity index (χ1) is 12.2. The van der Waals surface area contributed by atoms with E-state index in [0.29, 0.717) is 0 Å². The highest BCUT2D eigenvalue weighted by atomic mass is 16.1. The molecule has 0 radical (unpaired) electrons. The van der Waals surface area contributed by atoms with Gasteiger partial charge in [-0.15, -0.1) is 0 Å². The van der Waals surface area contributed by atoms with Crippen molar-refractivity contribution in [2.45, 2.75) is 6.92 Å². The lowest BCUT2D eigenvalue weighted by atomic mass is 9.97. The summed E-state index contributed by atoms with van der Waals surface area (Å²) in [5.41, 5.74) is 4.65. The Balaban J connectivity index is 1.87. The number of hydrogen-bond acceptors (Lipinski definition) is 2. The number of ketones is 1. The summed E-state index contributed by atoms with van der Waals surface area (Å²) >= 11 is 0. The molecule has 4 nitrogen and oxygen atoms in total. The van der Waals surface area contributed by atoms with Crippen LogP contribution in [0, 0.1) is 0 Å². The third-order valence-corrected chi connectivity index (χ3v) is 4.72. The quantitative estimate of drug-likeness (QED) is 0.445. The van der Waals surface area contributed by atoms with Crippen molar-refractivity contribution in [3.8, 4) is 11.4 Å². The Hall–Kier alpha value is -3.40. The van der Waals surface area contributed by atoms with Gasteiger partial charge in [-0.3, -0.25) is 4.79 Å². The molecule has 0 atom stereocenters. The van der Waals surface area contributed by atoms with Crippen molar-refractivity contribution >= 4 is 38.5 Å². The number of hydrogen-bond donors (Lipinski definition) is 2. The molecular formula is C21H15N3O. The van der Waals surface area contributed by atoms with E-state index in [-0.39, 0.29) is 5.78 Å². The van der Waals surface area contributed by atoms with Crippen molar-refractivity contribution < 1.29 is 4.79 Å². The molecule has 5 aromatic rings. The Morgan fingerprint density at radius 1 is 0.960 bits per heavy atom. The number of aromatic nitrogens is 3. The summed E-state index contributed by atoms with van der Waals surface area (Å²) in [5.74, 6) is 0.838. The maximum atomic E-state index is 12.1. The molecule has 2 aromatic heterocycles. The molecule has 25 heavy (non-hydrogen) atoms. The van der Waals surface area contributed by atoms with Crippen LogP contribution in [0.2, 0.25) is 0 Å². The highest BCUT2D eigenvalue weighted by Crippen LogP contribution is 2.32. The van der Waals surface area contributed by atoms with Gasteiger partial charge in [0.15, 0.2) is 5.78 Å². The number of nitrogens with one attached hydrogen (secondary N) is 2. The number of aromatic amines is 2. The van der Waals surface area contributed by atoms with Gasteiger partial charge in [0.1, 0.15) is 5.82 Å². The SMILES string of the molecule is CC(=O)c1cccc2cccc(-c3nc4c(ccc5[nH]ccc54)[nH]3)c12. The molecule has 5 rings (SSSR count). The van der Waals surface area contributed by atoms with Crippen molar-refractivity contribution in [1.82, 2.24) is 15.0 Å². The number of benzene rings is 3. The first-order valence-corrected chi connectivity index (χ1v) is 8.21. The van der Waals surface area contributed by atoms with Crippen molar-refractivity contribution in [3.63, 3.8) is 0 Å². The van der Waals surface area contributed by atoms with Gasteiger partial charge >= 0.3 is 0 Å². The van der Waals surface area contributed by atoms with E-state index >= 15 is 0 Å². The van der Waals surface area contributed by atoms with E-state index in [1.54, 1.807) is 6.92 Å². The minimum atomic E-state index is 0.0576. The van der Waals surface area contributed by atoms with Crippen LogP contribution >= 0.6 is 0 Å². The van der Waals surface area contributed by atoms with Crippen LogP contribution in [-0.4, -0.2) is 20.7 Å². The first-order valence-electron chi connectivity index (χ1n) is 8.21. The van der Waals surface area contributed by atoms with Gasteiger partial charge in [-0.25, -0.2) is 4.98 Å². The average molecular weight is 325 g/mol. The molecule has 0 saturated carbocycles. The molecule has 0 spiro atoms. The lowest BCUT2D eigenvalue weighted by Crippen LogP contribution is -1.95. The highest BCUT2D eigenvalue weighted by molar-refractivity contribution is 6.12. The third-order valence-electron chi connectivity index (χ3n) is 4.72. The molecule has 2 N–H and O–H groups in total. The largest absolute Gasteiger partial charge is 0.361 e. The number of imidazole rings is 1. The van der Waals surface area contributed by atoms with Crippen LogP contribution in [0.15, 0.2) is 60.8 Å². The van der Waals surface area contributed by atoms with Gasteiger partial charge in [-0.1, -0.05) is 36.4 Å². The molecule has 0 aliphatic heterocycles. The summed E-state index contributed by atoms with van der Waals surface area (Å²) in [6.07, 6.45) is 1.92. The molecule has 0 saturated heterocycles. The molecule has 0 amide bonds. The summed E-state index contributed by atoms with van der Waals surface area (Å²) in [6, 6.07) is 18.0. The number of H-pyrrole nitrogens is 2. The Morgan fingerprint density at radius 2 is 1.76 bits per heavy atom. The van der Waals surface area contributed by atoms with Crippen LogP contribution in [0.5, 0.6) is 0 Å².